The number of aryl methyl sites for hydroxylation is 1. The Morgan fingerprint density at radius 3 is 2.77 bits per heavy atom. The third kappa shape index (κ3) is 5.46. The molecule has 1 N–H and O–H groups in total. The summed E-state index contributed by atoms with van der Waals surface area (Å²) in [5.41, 5.74) is 1.73. The molecular formula is C14H16ClN3OS3. The fourth-order valence-corrected chi connectivity index (χ4v) is 4.46. The zero-order chi connectivity index (χ0) is 15.9. The Labute approximate surface area is 147 Å². The average molecular weight is 374 g/mol. The Balaban J connectivity index is 1.85. The van der Waals surface area contributed by atoms with Gasteiger partial charge in [0.15, 0.2) is 8.68 Å². The van der Waals surface area contributed by atoms with Crippen LogP contribution in [0.5, 0.6) is 0 Å². The van der Waals surface area contributed by atoms with Crippen molar-refractivity contribution < 1.29 is 4.79 Å². The van der Waals surface area contributed by atoms with Gasteiger partial charge in [0.25, 0.3) is 0 Å². The standard InChI is InChI=1S/C14H16ClN3OS3/c1-3-6-20-13-17-18-14(22-13)21-8-12(19)16-11-7-10(15)5-4-9(11)2/h4-5,7H,3,6,8H2,1-2H3,(H,16,19). The largest absolute Gasteiger partial charge is 0.325 e. The van der Waals surface area contributed by atoms with Gasteiger partial charge in [0.05, 0.1) is 5.75 Å². The number of benzene rings is 1. The lowest BCUT2D eigenvalue weighted by Gasteiger charge is -2.07. The van der Waals surface area contributed by atoms with Crippen LogP contribution in [0.1, 0.15) is 18.9 Å². The van der Waals surface area contributed by atoms with Gasteiger partial charge in [-0.05, 0) is 31.0 Å². The molecule has 8 heteroatoms. The normalized spacial score (nSPS) is 10.7. The Hall–Kier alpha value is -0.760. The van der Waals surface area contributed by atoms with Crippen molar-refractivity contribution >= 4 is 58.1 Å². The van der Waals surface area contributed by atoms with Gasteiger partial charge in [-0.25, -0.2) is 0 Å². The van der Waals surface area contributed by atoms with E-state index in [0.717, 1.165) is 32.1 Å². The lowest BCUT2D eigenvalue weighted by molar-refractivity contribution is -0.113. The van der Waals surface area contributed by atoms with Crippen LogP contribution in [0.25, 0.3) is 0 Å². The van der Waals surface area contributed by atoms with Crippen molar-refractivity contribution in [1.29, 1.82) is 0 Å². The van der Waals surface area contributed by atoms with Crippen molar-refractivity contribution in [2.24, 2.45) is 0 Å². The molecule has 0 unspecified atom stereocenters. The van der Waals surface area contributed by atoms with Gasteiger partial charge in [-0.3, -0.25) is 4.79 Å². The molecule has 0 aliphatic carbocycles. The number of aromatic nitrogens is 2. The number of nitrogens with one attached hydrogen (secondary N) is 1. The van der Waals surface area contributed by atoms with E-state index in [1.165, 1.54) is 23.1 Å². The van der Waals surface area contributed by atoms with E-state index in [2.05, 4.69) is 22.4 Å². The van der Waals surface area contributed by atoms with E-state index in [0.29, 0.717) is 10.8 Å². The van der Waals surface area contributed by atoms with Gasteiger partial charge >= 0.3 is 0 Å². The first-order valence-corrected chi connectivity index (χ1v) is 9.90. The van der Waals surface area contributed by atoms with Gasteiger partial charge in [0.2, 0.25) is 5.91 Å². The molecule has 0 aliphatic heterocycles. The van der Waals surface area contributed by atoms with Crippen LogP contribution in [0, 0.1) is 6.92 Å². The molecule has 0 radical (unpaired) electrons. The Morgan fingerprint density at radius 2 is 2.05 bits per heavy atom. The van der Waals surface area contributed by atoms with E-state index in [1.807, 2.05) is 13.0 Å². The summed E-state index contributed by atoms with van der Waals surface area (Å²) in [6.07, 6.45) is 1.11. The second-order valence-corrected chi connectivity index (χ2v) is 8.46. The Bertz CT molecular complexity index is 648. The number of hydrogen-bond acceptors (Lipinski definition) is 6. The van der Waals surface area contributed by atoms with Gasteiger partial charge in [0, 0.05) is 16.5 Å². The van der Waals surface area contributed by atoms with Crippen molar-refractivity contribution in [3.05, 3.63) is 28.8 Å². The molecule has 0 fully saturated rings. The summed E-state index contributed by atoms with van der Waals surface area (Å²) in [7, 11) is 0. The number of carbonyl (C=O) groups excluding carboxylic acids is 1. The van der Waals surface area contributed by atoms with Crippen LogP contribution in [-0.2, 0) is 4.79 Å². The molecule has 0 saturated carbocycles. The molecule has 118 valence electrons. The zero-order valence-corrected chi connectivity index (χ0v) is 15.5. The van der Waals surface area contributed by atoms with E-state index in [4.69, 9.17) is 11.6 Å². The van der Waals surface area contributed by atoms with E-state index in [1.54, 1.807) is 23.9 Å². The molecule has 1 amide bonds. The van der Waals surface area contributed by atoms with Crippen LogP contribution in [-0.4, -0.2) is 27.6 Å². The van der Waals surface area contributed by atoms with E-state index in [-0.39, 0.29) is 5.91 Å². The summed E-state index contributed by atoms with van der Waals surface area (Å²) in [4.78, 5) is 12.0. The summed E-state index contributed by atoms with van der Waals surface area (Å²) >= 11 is 10.6. The van der Waals surface area contributed by atoms with Crippen LogP contribution in [0.2, 0.25) is 5.02 Å². The highest BCUT2D eigenvalue weighted by Crippen LogP contribution is 2.29. The Morgan fingerprint density at radius 1 is 1.32 bits per heavy atom. The molecule has 0 saturated heterocycles. The maximum absolute atomic E-state index is 12.0. The number of halogens is 1. The van der Waals surface area contributed by atoms with Crippen molar-refractivity contribution in [2.45, 2.75) is 28.9 Å². The van der Waals surface area contributed by atoms with Crippen molar-refractivity contribution in [3.63, 3.8) is 0 Å². The molecule has 4 nitrogen and oxygen atoms in total. The molecule has 1 aromatic heterocycles. The average Bonchev–Trinajstić information content (AvgIpc) is 2.95. The monoisotopic (exact) mass is 373 g/mol. The molecule has 22 heavy (non-hydrogen) atoms. The van der Waals surface area contributed by atoms with Gasteiger partial charge < -0.3 is 5.32 Å². The maximum Gasteiger partial charge on any atom is 0.234 e. The SMILES string of the molecule is CCCSc1nnc(SCC(=O)Nc2cc(Cl)ccc2C)s1. The van der Waals surface area contributed by atoms with Crippen LogP contribution < -0.4 is 5.32 Å². The molecule has 0 bridgehead atoms. The van der Waals surface area contributed by atoms with E-state index in [9.17, 15) is 4.79 Å². The van der Waals surface area contributed by atoms with Crippen molar-refractivity contribution in [3.8, 4) is 0 Å². The van der Waals surface area contributed by atoms with Crippen LogP contribution in [0.4, 0.5) is 5.69 Å². The molecule has 0 spiro atoms. The number of nitrogens with zero attached hydrogens (tertiary/aromatic N) is 2. The predicted octanol–water partition coefficient (Wildman–Crippen LogP) is 4.73. The lowest BCUT2D eigenvalue weighted by atomic mass is 10.2. The number of hydrogen-bond donors (Lipinski definition) is 1. The van der Waals surface area contributed by atoms with Gasteiger partial charge in [0.1, 0.15) is 0 Å². The summed E-state index contributed by atoms with van der Waals surface area (Å²) in [5, 5.41) is 11.7. The van der Waals surface area contributed by atoms with Gasteiger partial charge in [-0.1, -0.05) is 59.5 Å². The highest BCUT2D eigenvalue weighted by atomic mass is 35.5. The van der Waals surface area contributed by atoms with Crippen LogP contribution in [0.3, 0.4) is 0 Å². The summed E-state index contributed by atoms with van der Waals surface area (Å²) < 4.78 is 1.77. The summed E-state index contributed by atoms with van der Waals surface area (Å²) in [6, 6.07) is 5.44. The van der Waals surface area contributed by atoms with Gasteiger partial charge in [-0.2, -0.15) is 0 Å². The lowest BCUT2D eigenvalue weighted by Crippen LogP contribution is -2.14. The third-order valence-corrected chi connectivity index (χ3v) is 6.25. The number of thioether (sulfide) groups is 2. The van der Waals surface area contributed by atoms with Gasteiger partial charge in [-0.15, -0.1) is 10.2 Å². The fraction of sp³-hybridized carbons (Fsp3) is 0.357. The second kappa shape index (κ2) is 8.76. The molecule has 0 aliphatic rings. The molecule has 1 aromatic carbocycles. The van der Waals surface area contributed by atoms with Crippen molar-refractivity contribution in [2.75, 3.05) is 16.8 Å². The minimum atomic E-state index is -0.0756. The molecular weight excluding hydrogens is 358 g/mol. The topological polar surface area (TPSA) is 54.9 Å². The van der Waals surface area contributed by atoms with Crippen molar-refractivity contribution in [1.82, 2.24) is 10.2 Å². The van der Waals surface area contributed by atoms with Crippen LogP contribution >= 0.6 is 46.5 Å². The number of anilines is 1. The van der Waals surface area contributed by atoms with E-state index < -0.39 is 0 Å². The highest BCUT2D eigenvalue weighted by molar-refractivity contribution is 8.03. The van der Waals surface area contributed by atoms with Crippen LogP contribution in [0.15, 0.2) is 26.9 Å². The predicted molar refractivity (Wildman–Crippen MR) is 96.5 cm³/mol. The second-order valence-electron chi connectivity index (χ2n) is 4.48. The number of carbonyl (C=O) groups is 1. The maximum atomic E-state index is 12.0. The molecule has 0 atom stereocenters. The zero-order valence-electron chi connectivity index (χ0n) is 12.3. The first-order chi connectivity index (χ1) is 10.6. The molecule has 1 heterocycles. The minimum Gasteiger partial charge on any atom is -0.325 e. The van der Waals surface area contributed by atoms with E-state index >= 15 is 0 Å². The molecule has 2 aromatic rings. The fourth-order valence-electron chi connectivity index (χ4n) is 1.55. The molecule has 2 rings (SSSR count). The first kappa shape index (κ1) is 17.6. The summed E-state index contributed by atoms with van der Waals surface area (Å²) in [5.74, 6) is 1.26. The smallest absolute Gasteiger partial charge is 0.234 e. The summed E-state index contributed by atoms with van der Waals surface area (Å²) in [6.45, 7) is 4.06. The first-order valence-electron chi connectivity index (χ1n) is 6.73. The Kier molecular flexibility index (Phi) is 7.01. The third-order valence-electron chi connectivity index (χ3n) is 2.62. The quantitative estimate of drug-likeness (QED) is 0.711. The highest BCUT2D eigenvalue weighted by Gasteiger charge is 2.10. The number of rotatable bonds is 7. The minimum absolute atomic E-state index is 0.0756. The number of amides is 1.